The van der Waals surface area contributed by atoms with Crippen molar-refractivity contribution in [2.75, 3.05) is 13.1 Å². The van der Waals surface area contributed by atoms with Crippen molar-refractivity contribution in [3.05, 3.63) is 83.7 Å². The van der Waals surface area contributed by atoms with E-state index in [1.165, 1.54) is 0 Å². The highest BCUT2D eigenvalue weighted by Crippen LogP contribution is 2.34. The maximum Gasteiger partial charge on any atom is 0.253 e. The summed E-state index contributed by atoms with van der Waals surface area (Å²) in [4.78, 5) is 27.6. The van der Waals surface area contributed by atoms with Gasteiger partial charge in [-0.15, -0.1) is 0 Å². The number of piperidine rings is 1. The van der Waals surface area contributed by atoms with Crippen LogP contribution in [0.2, 0.25) is 0 Å². The zero-order valence-corrected chi connectivity index (χ0v) is 17.7. The highest BCUT2D eigenvalue weighted by Gasteiger charge is 2.35. The molecule has 2 aromatic carbocycles. The van der Waals surface area contributed by atoms with Crippen molar-refractivity contribution < 1.29 is 14.3 Å². The number of likely N-dealkylation sites (tertiary alicyclic amines) is 1. The fraction of sp³-hybridized carbons (Fsp3) is 0.308. The summed E-state index contributed by atoms with van der Waals surface area (Å²) < 4.78 is 8.20. The van der Waals surface area contributed by atoms with E-state index < -0.39 is 0 Å². The second-order valence-electron chi connectivity index (χ2n) is 8.50. The molecule has 0 N–H and O–H groups in total. The minimum atomic E-state index is -0.0978. The quantitative estimate of drug-likeness (QED) is 0.626. The molecule has 0 spiro atoms. The number of aryl methyl sites for hydroxylation is 1. The van der Waals surface area contributed by atoms with Crippen LogP contribution < -0.4 is 4.74 Å². The van der Waals surface area contributed by atoms with E-state index >= 15 is 0 Å². The maximum atomic E-state index is 13.2. The molecular formula is C26H26N2O3. The first-order valence-corrected chi connectivity index (χ1v) is 10.9. The summed E-state index contributed by atoms with van der Waals surface area (Å²) in [5, 5.41) is 0. The molecule has 0 aliphatic carbocycles. The van der Waals surface area contributed by atoms with Gasteiger partial charge in [-0.2, -0.15) is 0 Å². The molecule has 5 nitrogen and oxygen atoms in total. The Bertz CT molecular complexity index is 1110. The number of carbonyl (C=O) groups excluding carboxylic acids is 2. The number of ether oxygens (including phenoxy) is 1. The van der Waals surface area contributed by atoms with Crippen LogP contribution in [0.25, 0.3) is 5.69 Å². The lowest BCUT2D eigenvalue weighted by Gasteiger charge is -2.37. The van der Waals surface area contributed by atoms with E-state index in [-0.39, 0.29) is 23.7 Å². The van der Waals surface area contributed by atoms with Crippen LogP contribution in [0.1, 0.15) is 45.5 Å². The van der Waals surface area contributed by atoms with Crippen molar-refractivity contribution in [1.29, 1.82) is 0 Å². The average molecular weight is 415 g/mol. The van der Waals surface area contributed by atoms with E-state index in [2.05, 4.69) is 6.92 Å². The number of aromatic nitrogens is 1. The lowest BCUT2D eigenvalue weighted by Crippen LogP contribution is -2.44. The topological polar surface area (TPSA) is 51.5 Å². The zero-order chi connectivity index (χ0) is 21.4. The molecule has 1 atom stereocenters. The van der Waals surface area contributed by atoms with Gasteiger partial charge in [0, 0.05) is 43.2 Å². The fourth-order valence-electron chi connectivity index (χ4n) is 4.73. The van der Waals surface area contributed by atoms with Crippen molar-refractivity contribution >= 4 is 11.7 Å². The van der Waals surface area contributed by atoms with Gasteiger partial charge >= 0.3 is 0 Å². The minimum Gasteiger partial charge on any atom is -0.489 e. The Labute approximate surface area is 182 Å². The first-order valence-electron chi connectivity index (χ1n) is 10.9. The van der Waals surface area contributed by atoms with Crippen LogP contribution in [0, 0.1) is 12.8 Å². The van der Waals surface area contributed by atoms with Gasteiger partial charge < -0.3 is 14.2 Å². The number of carbonyl (C=O) groups is 2. The standard InChI is InChI=1S/C26H26N2O3/c1-18-8-9-20(16-22(18)27-12-4-5-13-27)26(30)28-14-10-19(11-15-28)25-17-23(29)21-6-2-3-7-24(21)31-25/h2-9,12-13,16,19,25H,10-11,14-15,17H2,1H3. The number of fused-ring (bicyclic) bond motifs is 1. The summed E-state index contributed by atoms with van der Waals surface area (Å²) in [5.41, 5.74) is 3.55. The lowest BCUT2D eigenvalue weighted by molar-refractivity contribution is 0.0452. The first kappa shape index (κ1) is 19.6. The van der Waals surface area contributed by atoms with Gasteiger partial charge in [0.25, 0.3) is 5.91 Å². The number of benzene rings is 2. The van der Waals surface area contributed by atoms with Crippen molar-refractivity contribution in [2.45, 2.75) is 32.3 Å². The highest BCUT2D eigenvalue weighted by molar-refractivity contribution is 6.00. The number of hydrogen-bond acceptors (Lipinski definition) is 3. The number of Topliss-reactive ketones (excluding diaryl/α,β-unsaturated/α-hetero) is 1. The number of amides is 1. The van der Waals surface area contributed by atoms with Gasteiger partial charge in [-0.1, -0.05) is 18.2 Å². The van der Waals surface area contributed by atoms with Crippen molar-refractivity contribution in [1.82, 2.24) is 9.47 Å². The Balaban J connectivity index is 1.26. The second-order valence-corrected chi connectivity index (χ2v) is 8.50. The SMILES string of the molecule is Cc1ccc(C(=O)N2CCC(C3CC(=O)c4ccccc4O3)CC2)cc1-n1cccc1. The number of rotatable bonds is 3. The minimum absolute atomic E-state index is 0.0674. The molecule has 1 aromatic heterocycles. The summed E-state index contributed by atoms with van der Waals surface area (Å²) in [7, 11) is 0. The molecule has 1 saturated heterocycles. The zero-order valence-electron chi connectivity index (χ0n) is 17.7. The highest BCUT2D eigenvalue weighted by atomic mass is 16.5. The number of para-hydroxylation sites is 1. The molecule has 1 amide bonds. The Kier molecular flexibility index (Phi) is 5.10. The number of hydrogen-bond donors (Lipinski definition) is 0. The van der Waals surface area contributed by atoms with Crippen LogP contribution in [-0.2, 0) is 0 Å². The molecule has 5 heteroatoms. The van der Waals surface area contributed by atoms with E-state index in [4.69, 9.17) is 4.74 Å². The maximum absolute atomic E-state index is 13.2. The number of nitrogens with zero attached hydrogens (tertiary/aromatic N) is 2. The normalized spacial score (nSPS) is 19.1. The molecule has 1 unspecified atom stereocenters. The second kappa shape index (κ2) is 8.06. The first-order chi connectivity index (χ1) is 15.1. The molecule has 3 aromatic rings. The van der Waals surface area contributed by atoms with Crippen LogP contribution >= 0.6 is 0 Å². The summed E-state index contributed by atoms with van der Waals surface area (Å²) in [6.45, 7) is 3.43. The van der Waals surface area contributed by atoms with E-state index in [9.17, 15) is 9.59 Å². The molecule has 31 heavy (non-hydrogen) atoms. The Morgan fingerprint density at radius 3 is 2.52 bits per heavy atom. The third-order valence-corrected chi connectivity index (χ3v) is 6.54. The van der Waals surface area contributed by atoms with Gasteiger partial charge in [0.05, 0.1) is 5.56 Å². The predicted molar refractivity (Wildman–Crippen MR) is 119 cm³/mol. The monoisotopic (exact) mass is 414 g/mol. The Morgan fingerprint density at radius 2 is 1.74 bits per heavy atom. The fourth-order valence-corrected chi connectivity index (χ4v) is 4.73. The van der Waals surface area contributed by atoms with Crippen LogP contribution in [0.5, 0.6) is 5.75 Å². The molecule has 5 rings (SSSR count). The molecule has 0 radical (unpaired) electrons. The van der Waals surface area contributed by atoms with Gasteiger partial charge in [0.2, 0.25) is 0 Å². The average Bonchev–Trinajstić information content (AvgIpc) is 3.34. The van der Waals surface area contributed by atoms with Gasteiger partial charge in [-0.25, -0.2) is 0 Å². The van der Waals surface area contributed by atoms with E-state index in [1.807, 2.05) is 76.5 Å². The molecular weight excluding hydrogens is 388 g/mol. The molecule has 1 fully saturated rings. The van der Waals surface area contributed by atoms with Gasteiger partial charge in [-0.05, 0) is 67.6 Å². The van der Waals surface area contributed by atoms with Crippen molar-refractivity contribution in [2.24, 2.45) is 5.92 Å². The van der Waals surface area contributed by atoms with Gasteiger partial charge in [0.15, 0.2) is 5.78 Å². The number of ketones is 1. The molecule has 3 heterocycles. The van der Waals surface area contributed by atoms with E-state index in [0.29, 0.717) is 36.4 Å². The molecule has 2 aliphatic heterocycles. The Hall–Kier alpha value is -3.34. The lowest BCUT2D eigenvalue weighted by atomic mass is 9.86. The molecule has 158 valence electrons. The summed E-state index contributed by atoms with van der Waals surface area (Å²) in [6.07, 6.45) is 6.01. The van der Waals surface area contributed by atoms with E-state index in [1.54, 1.807) is 0 Å². The Morgan fingerprint density at radius 1 is 1.00 bits per heavy atom. The predicted octanol–water partition coefficient (Wildman–Crippen LogP) is 4.67. The van der Waals surface area contributed by atoms with Crippen LogP contribution in [0.4, 0.5) is 0 Å². The summed E-state index contributed by atoms with van der Waals surface area (Å²) in [5.74, 6) is 1.20. The van der Waals surface area contributed by atoms with Crippen LogP contribution in [0.3, 0.4) is 0 Å². The van der Waals surface area contributed by atoms with Crippen LogP contribution in [-0.4, -0.2) is 40.4 Å². The summed E-state index contributed by atoms with van der Waals surface area (Å²) in [6, 6.07) is 17.3. The smallest absolute Gasteiger partial charge is 0.253 e. The van der Waals surface area contributed by atoms with Crippen LogP contribution in [0.15, 0.2) is 67.0 Å². The van der Waals surface area contributed by atoms with Gasteiger partial charge in [0.1, 0.15) is 11.9 Å². The third kappa shape index (κ3) is 3.76. The van der Waals surface area contributed by atoms with E-state index in [0.717, 1.165) is 24.1 Å². The third-order valence-electron chi connectivity index (χ3n) is 6.54. The van der Waals surface area contributed by atoms with Crippen molar-refractivity contribution in [3.8, 4) is 11.4 Å². The molecule has 2 aliphatic rings. The summed E-state index contributed by atoms with van der Waals surface area (Å²) >= 11 is 0. The van der Waals surface area contributed by atoms with Gasteiger partial charge in [-0.3, -0.25) is 9.59 Å². The largest absolute Gasteiger partial charge is 0.489 e. The molecule has 0 bridgehead atoms. The molecule has 0 saturated carbocycles. The van der Waals surface area contributed by atoms with Crippen molar-refractivity contribution in [3.63, 3.8) is 0 Å².